The third-order valence-electron chi connectivity index (χ3n) is 7.04. The van der Waals surface area contributed by atoms with Crippen molar-refractivity contribution in [2.24, 2.45) is 0 Å². The highest BCUT2D eigenvalue weighted by atomic mass is 32.2. The van der Waals surface area contributed by atoms with Crippen LogP contribution in [-0.2, 0) is 10.0 Å². The van der Waals surface area contributed by atoms with E-state index in [1.54, 1.807) is 12.3 Å². The molecule has 0 bridgehead atoms. The molecule has 0 saturated heterocycles. The zero-order valence-electron chi connectivity index (χ0n) is 21.0. The summed E-state index contributed by atoms with van der Waals surface area (Å²) < 4.78 is 29.0. The Bertz CT molecular complexity index is 1660. The third kappa shape index (κ3) is 4.73. The number of hydrogen-bond acceptors (Lipinski definition) is 4. The van der Waals surface area contributed by atoms with Gasteiger partial charge in [-0.2, -0.15) is 0 Å². The van der Waals surface area contributed by atoms with Crippen LogP contribution in [0.25, 0.3) is 10.9 Å². The summed E-state index contributed by atoms with van der Waals surface area (Å²) in [5.74, 6) is 0.0432. The quantitative estimate of drug-likeness (QED) is 0.148. The first-order chi connectivity index (χ1) is 18.4. The predicted octanol–water partition coefficient (Wildman–Crippen LogP) is 7.50. The molecule has 5 rings (SSSR count). The number of para-hydroxylation sites is 1. The Hall–Kier alpha value is -4.23. The van der Waals surface area contributed by atoms with E-state index in [0.717, 1.165) is 29.4 Å². The number of nitro benzene ring substituents is 1. The SMILES string of the molecule is CCC[C@H](c1ccccc1)[C@H](c1ccccc1)c1cn(S(=O)(=O)c2ccc([N+](=O)[O-])cc2)c2ccccc12. The second kappa shape index (κ2) is 10.6. The molecule has 7 heteroatoms. The van der Waals surface area contributed by atoms with Crippen LogP contribution in [0.3, 0.4) is 0 Å². The summed E-state index contributed by atoms with van der Waals surface area (Å²) in [4.78, 5) is 10.6. The van der Waals surface area contributed by atoms with E-state index in [4.69, 9.17) is 0 Å². The average Bonchev–Trinajstić information content (AvgIpc) is 3.34. The van der Waals surface area contributed by atoms with Crippen molar-refractivity contribution in [1.82, 2.24) is 3.97 Å². The van der Waals surface area contributed by atoms with Gasteiger partial charge in [-0.15, -0.1) is 0 Å². The van der Waals surface area contributed by atoms with E-state index in [9.17, 15) is 18.5 Å². The molecule has 2 atom stereocenters. The van der Waals surface area contributed by atoms with Gasteiger partial charge in [-0.05, 0) is 47.2 Å². The summed E-state index contributed by atoms with van der Waals surface area (Å²) in [5, 5.41) is 12.0. The summed E-state index contributed by atoms with van der Waals surface area (Å²) >= 11 is 0. The topological polar surface area (TPSA) is 82.2 Å². The summed E-state index contributed by atoms with van der Waals surface area (Å²) in [7, 11) is -4.01. The highest BCUT2D eigenvalue weighted by Gasteiger charge is 2.31. The van der Waals surface area contributed by atoms with Gasteiger partial charge in [0, 0.05) is 29.6 Å². The van der Waals surface area contributed by atoms with Crippen molar-refractivity contribution < 1.29 is 13.3 Å². The maximum atomic E-state index is 13.9. The van der Waals surface area contributed by atoms with Crippen LogP contribution in [0.1, 0.15) is 48.3 Å². The fraction of sp³-hybridized carbons (Fsp3) is 0.161. The Morgan fingerprint density at radius 1 is 0.789 bits per heavy atom. The number of aromatic nitrogens is 1. The highest BCUT2D eigenvalue weighted by Crippen LogP contribution is 2.44. The largest absolute Gasteiger partial charge is 0.269 e. The average molecular weight is 525 g/mol. The molecule has 1 heterocycles. The number of nitrogens with zero attached hydrogens (tertiary/aromatic N) is 2. The molecule has 0 unspecified atom stereocenters. The van der Waals surface area contributed by atoms with E-state index >= 15 is 0 Å². The Morgan fingerprint density at radius 2 is 1.37 bits per heavy atom. The van der Waals surface area contributed by atoms with Crippen LogP contribution in [0.5, 0.6) is 0 Å². The van der Waals surface area contributed by atoms with Crippen molar-refractivity contribution in [1.29, 1.82) is 0 Å². The number of hydrogen-bond donors (Lipinski definition) is 0. The predicted molar refractivity (Wildman–Crippen MR) is 150 cm³/mol. The van der Waals surface area contributed by atoms with Crippen molar-refractivity contribution in [2.45, 2.75) is 36.5 Å². The van der Waals surface area contributed by atoms with Crippen LogP contribution in [0.2, 0.25) is 0 Å². The lowest BCUT2D eigenvalue weighted by atomic mass is 9.75. The van der Waals surface area contributed by atoms with Crippen molar-refractivity contribution in [3.05, 3.63) is 142 Å². The molecule has 1 aromatic heterocycles. The minimum absolute atomic E-state index is 0.000156. The minimum Gasteiger partial charge on any atom is -0.258 e. The lowest BCUT2D eigenvalue weighted by molar-refractivity contribution is -0.384. The summed E-state index contributed by atoms with van der Waals surface area (Å²) in [6.07, 6.45) is 3.64. The summed E-state index contributed by atoms with van der Waals surface area (Å²) in [6, 6.07) is 33.2. The van der Waals surface area contributed by atoms with Gasteiger partial charge in [0.25, 0.3) is 15.7 Å². The Kier molecular flexibility index (Phi) is 7.11. The second-order valence-corrected chi connectivity index (χ2v) is 11.2. The summed E-state index contributed by atoms with van der Waals surface area (Å²) in [5.41, 5.74) is 3.67. The molecule has 38 heavy (non-hydrogen) atoms. The van der Waals surface area contributed by atoms with Crippen LogP contribution >= 0.6 is 0 Å². The van der Waals surface area contributed by atoms with E-state index in [2.05, 4.69) is 31.2 Å². The summed E-state index contributed by atoms with van der Waals surface area (Å²) in [6.45, 7) is 2.17. The van der Waals surface area contributed by atoms with Gasteiger partial charge in [0.2, 0.25) is 0 Å². The lowest BCUT2D eigenvalue weighted by Crippen LogP contribution is -2.14. The highest BCUT2D eigenvalue weighted by molar-refractivity contribution is 7.90. The monoisotopic (exact) mass is 524 g/mol. The maximum absolute atomic E-state index is 13.9. The van der Waals surface area contributed by atoms with Crippen molar-refractivity contribution in [3.63, 3.8) is 0 Å². The van der Waals surface area contributed by atoms with Gasteiger partial charge in [-0.25, -0.2) is 12.4 Å². The first kappa shape index (κ1) is 25.4. The van der Waals surface area contributed by atoms with Gasteiger partial charge < -0.3 is 0 Å². The molecule has 6 nitrogen and oxygen atoms in total. The molecule has 5 aromatic rings. The molecular formula is C31H28N2O4S. The Morgan fingerprint density at radius 3 is 1.97 bits per heavy atom. The van der Waals surface area contributed by atoms with E-state index in [-0.39, 0.29) is 22.4 Å². The molecule has 0 radical (unpaired) electrons. The third-order valence-corrected chi connectivity index (χ3v) is 8.72. The zero-order chi connectivity index (χ0) is 26.7. The number of fused-ring (bicyclic) bond motifs is 1. The number of non-ortho nitro benzene ring substituents is 1. The minimum atomic E-state index is -4.01. The second-order valence-electron chi connectivity index (χ2n) is 9.35. The van der Waals surface area contributed by atoms with Crippen molar-refractivity contribution >= 4 is 26.6 Å². The van der Waals surface area contributed by atoms with Gasteiger partial charge in [-0.3, -0.25) is 10.1 Å². The number of nitro groups is 1. The molecule has 0 fully saturated rings. The van der Waals surface area contributed by atoms with Gasteiger partial charge >= 0.3 is 0 Å². The standard InChI is InChI=1S/C31H28N2O4S/c1-2-11-27(23-12-5-3-6-13-23)31(24-14-7-4-8-15-24)29-22-32(30-17-10-9-16-28(29)30)38(36,37)26-20-18-25(19-21-26)33(34)35/h3-10,12-22,27,31H,2,11H2,1H3/t27-,31+/m1/s1. The molecule has 4 aromatic carbocycles. The van der Waals surface area contributed by atoms with Crippen LogP contribution in [0.15, 0.2) is 120 Å². The molecule has 0 N–H and O–H groups in total. The number of benzene rings is 4. The van der Waals surface area contributed by atoms with Gasteiger partial charge in [0.1, 0.15) is 0 Å². The van der Waals surface area contributed by atoms with E-state index < -0.39 is 14.9 Å². The van der Waals surface area contributed by atoms with Crippen LogP contribution in [-0.4, -0.2) is 17.3 Å². The van der Waals surface area contributed by atoms with Gasteiger partial charge in [0.05, 0.1) is 15.3 Å². The molecule has 0 saturated carbocycles. The smallest absolute Gasteiger partial charge is 0.258 e. The van der Waals surface area contributed by atoms with Gasteiger partial charge in [-0.1, -0.05) is 92.2 Å². The first-order valence-electron chi connectivity index (χ1n) is 12.6. The van der Waals surface area contributed by atoms with Crippen LogP contribution in [0, 0.1) is 10.1 Å². The molecule has 0 aliphatic carbocycles. The fourth-order valence-corrected chi connectivity index (χ4v) is 6.68. The molecule has 0 amide bonds. The Balaban J connectivity index is 1.73. The molecule has 192 valence electrons. The van der Waals surface area contributed by atoms with Crippen LogP contribution < -0.4 is 0 Å². The first-order valence-corrected chi connectivity index (χ1v) is 14.1. The maximum Gasteiger partial charge on any atom is 0.269 e. The molecule has 0 aliphatic heterocycles. The Labute approximate surface area is 222 Å². The van der Waals surface area contributed by atoms with E-state index in [1.165, 1.54) is 33.8 Å². The fourth-order valence-electron chi connectivity index (χ4n) is 5.30. The van der Waals surface area contributed by atoms with E-state index in [1.807, 2.05) is 54.6 Å². The number of rotatable bonds is 9. The zero-order valence-corrected chi connectivity index (χ0v) is 21.8. The van der Waals surface area contributed by atoms with Gasteiger partial charge in [0.15, 0.2) is 0 Å². The molecular weight excluding hydrogens is 496 g/mol. The molecule has 0 spiro atoms. The van der Waals surface area contributed by atoms with E-state index in [0.29, 0.717) is 5.52 Å². The molecule has 0 aliphatic rings. The van der Waals surface area contributed by atoms with Crippen molar-refractivity contribution in [3.8, 4) is 0 Å². The van der Waals surface area contributed by atoms with Crippen molar-refractivity contribution in [2.75, 3.05) is 0 Å². The normalized spacial score (nSPS) is 13.3. The lowest BCUT2D eigenvalue weighted by Gasteiger charge is -2.28. The van der Waals surface area contributed by atoms with Crippen LogP contribution in [0.4, 0.5) is 5.69 Å².